The molecule has 0 aliphatic heterocycles. The lowest BCUT2D eigenvalue weighted by molar-refractivity contribution is -0.123. The van der Waals surface area contributed by atoms with Gasteiger partial charge in [-0.1, -0.05) is 23.2 Å². The van der Waals surface area contributed by atoms with Crippen molar-refractivity contribution in [1.29, 1.82) is 0 Å². The summed E-state index contributed by atoms with van der Waals surface area (Å²) >= 11 is 11.9. The van der Waals surface area contributed by atoms with Crippen molar-refractivity contribution < 1.29 is 18.7 Å². The minimum atomic E-state index is -0.447. The molecule has 0 saturated carbocycles. The number of fused-ring (bicyclic) bond motifs is 1. The van der Waals surface area contributed by atoms with Crippen molar-refractivity contribution in [2.45, 2.75) is 26.2 Å². The summed E-state index contributed by atoms with van der Waals surface area (Å²) in [5, 5.41) is 7.85. The Morgan fingerprint density at radius 2 is 1.97 bits per heavy atom. The fourth-order valence-corrected chi connectivity index (χ4v) is 3.98. The number of halogens is 2. The Hall–Kier alpha value is -3.36. The standard InChI is InChI=1S/C23H20Cl2N4O4/c1-13-21-17(28-29-20(30)12-32-18-6-5-14(24)11-16(18)25)3-2-4-19(21)33-22(13)23(31)27-15-7-9-26-10-8-15/h5-11H,2-4,12H2,1H3,(H,29,30)(H,26,27,31)/b28-17+. The molecule has 33 heavy (non-hydrogen) atoms. The first kappa shape index (κ1) is 22.8. The van der Waals surface area contributed by atoms with Crippen LogP contribution in [-0.4, -0.2) is 29.1 Å². The number of hydrazone groups is 1. The molecule has 0 unspecified atom stereocenters. The minimum Gasteiger partial charge on any atom is -0.482 e. The zero-order valence-electron chi connectivity index (χ0n) is 17.7. The number of amides is 2. The van der Waals surface area contributed by atoms with Crippen LogP contribution in [0.15, 0.2) is 52.2 Å². The number of pyridine rings is 1. The van der Waals surface area contributed by atoms with Crippen molar-refractivity contribution in [3.05, 3.63) is 75.4 Å². The number of furan rings is 1. The SMILES string of the molecule is Cc1c(C(=O)Nc2ccncc2)oc2c1/C(=N/NC(=O)COc1ccc(Cl)cc1Cl)CCC2. The van der Waals surface area contributed by atoms with E-state index in [2.05, 4.69) is 20.8 Å². The van der Waals surface area contributed by atoms with Gasteiger partial charge in [0, 0.05) is 40.7 Å². The smallest absolute Gasteiger partial charge is 0.291 e. The van der Waals surface area contributed by atoms with Crippen LogP contribution in [0.2, 0.25) is 10.0 Å². The van der Waals surface area contributed by atoms with Gasteiger partial charge >= 0.3 is 0 Å². The van der Waals surface area contributed by atoms with Crippen LogP contribution in [0, 0.1) is 6.92 Å². The second-order valence-electron chi connectivity index (χ2n) is 7.35. The Kier molecular flexibility index (Phi) is 6.96. The number of hydrogen-bond acceptors (Lipinski definition) is 6. The van der Waals surface area contributed by atoms with Gasteiger partial charge in [0.1, 0.15) is 11.5 Å². The fourth-order valence-electron chi connectivity index (χ4n) is 3.52. The second kappa shape index (κ2) is 10.1. The average Bonchev–Trinajstić information content (AvgIpc) is 3.15. The Morgan fingerprint density at radius 3 is 2.73 bits per heavy atom. The molecule has 4 rings (SSSR count). The molecule has 170 valence electrons. The molecule has 2 N–H and O–H groups in total. The van der Waals surface area contributed by atoms with Crippen LogP contribution in [0.3, 0.4) is 0 Å². The molecule has 0 radical (unpaired) electrons. The molecule has 1 aliphatic carbocycles. The number of carbonyl (C=O) groups excluding carboxylic acids is 2. The molecule has 2 amide bonds. The van der Waals surface area contributed by atoms with Gasteiger partial charge in [-0.2, -0.15) is 5.10 Å². The summed E-state index contributed by atoms with van der Waals surface area (Å²) in [6.07, 6.45) is 5.30. The summed E-state index contributed by atoms with van der Waals surface area (Å²) in [5.41, 5.74) is 5.20. The van der Waals surface area contributed by atoms with Crippen molar-refractivity contribution >= 4 is 46.4 Å². The van der Waals surface area contributed by atoms with Gasteiger partial charge in [-0.25, -0.2) is 5.43 Å². The van der Waals surface area contributed by atoms with Crippen LogP contribution in [0.1, 0.15) is 40.3 Å². The van der Waals surface area contributed by atoms with Crippen molar-refractivity contribution in [2.24, 2.45) is 5.10 Å². The second-order valence-corrected chi connectivity index (χ2v) is 8.20. The van der Waals surface area contributed by atoms with Crippen LogP contribution in [0.25, 0.3) is 0 Å². The topological polar surface area (TPSA) is 106 Å². The van der Waals surface area contributed by atoms with Gasteiger partial charge in [-0.15, -0.1) is 0 Å². The van der Waals surface area contributed by atoms with Crippen LogP contribution < -0.4 is 15.5 Å². The summed E-state index contributed by atoms with van der Waals surface area (Å²) in [5.74, 6) is 0.441. The summed E-state index contributed by atoms with van der Waals surface area (Å²) < 4.78 is 11.3. The molecule has 2 aromatic heterocycles. The predicted molar refractivity (Wildman–Crippen MR) is 125 cm³/mol. The molecule has 0 atom stereocenters. The van der Waals surface area contributed by atoms with Crippen molar-refractivity contribution in [3.63, 3.8) is 0 Å². The maximum Gasteiger partial charge on any atom is 0.291 e. The first-order valence-corrected chi connectivity index (χ1v) is 10.9. The molecule has 0 saturated heterocycles. The zero-order valence-corrected chi connectivity index (χ0v) is 19.2. The van der Waals surface area contributed by atoms with E-state index in [1.807, 2.05) is 0 Å². The van der Waals surface area contributed by atoms with E-state index in [1.54, 1.807) is 43.6 Å². The van der Waals surface area contributed by atoms with E-state index < -0.39 is 5.91 Å². The third-order valence-electron chi connectivity index (χ3n) is 5.04. The molecule has 1 aliphatic rings. The van der Waals surface area contributed by atoms with E-state index in [9.17, 15) is 9.59 Å². The van der Waals surface area contributed by atoms with E-state index in [-0.39, 0.29) is 18.3 Å². The molecular formula is C23H20Cl2N4O4. The fraction of sp³-hybridized carbons (Fsp3) is 0.217. The third kappa shape index (κ3) is 5.35. The number of aryl methyl sites for hydroxylation is 1. The predicted octanol–water partition coefficient (Wildman–Crippen LogP) is 4.78. The van der Waals surface area contributed by atoms with Gasteiger partial charge < -0.3 is 14.5 Å². The highest BCUT2D eigenvalue weighted by atomic mass is 35.5. The maximum atomic E-state index is 12.7. The lowest BCUT2D eigenvalue weighted by atomic mass is 9.93. The number of benzene rings is 1. The molecule has 2 heterocycles. The number of anilines is 1. The van der Waals surface area contributed by atoms with Gasteiger partial charge in [0.15, 0.2) is 12.4 Å². The Bertz CT molecular complexity index is 1220. The average molecular weight is 487 g/mol. The molecule has 0 fully saturated rings. The van der Waals surface area contributed by atoms with Crippen LogP contribution >= 0.6 is 23.2 Å². The van der Waals surface area contributed by atoms with Gasteiger partial charge in [-0.05, 0) is 50.1 Å². The molecule has 10 heteroatoms. The molecule has 0 bridgehead atoms. The van der Waals surface area contributed by atoms with E-state index >= 15 is 0 Å². The van der Waals surface area contributed by atoms with E-state index in [0.29, 0.717) is 51.4 Å². The number of nitrogens with one attached hydrogen (secondary N) is 2. The number of aromatic nitrogens is 1. The van der Waals surface area contributed by atoms with Gasteiger partial charge in [-0.3, -0.25) is 14.6 Å². The summed E-state index contributed by atoms with van der Waals surface area (Å²) in [6, 6.07) is 8.12. The number of hydrogen-bond donors (Lipinski definition) is 2. The molecule has 3 aromatic rings. The number of carbonyl (C=O) groups is 2. The normalized spacial score (nSPS) is 14.0. The van der Waals surface area contributed by atoms with E-state index in [0.717, 1.165) is 12.0 Å². The summed E-state index contributed by atoms with van der Waals surface area (Å²) in [7, 11) is 0. The maximum absolute atomic E-state index is 12.7. The van der Waals surface area contributed by atoms with Gasteiger partial charge in [0.2, 0.25) is 0 Å². The highest BCUT2D eigenvalue weighted by Gasteiger charge is 2.28. The molecule has 1 aromatic carbocycles. The van der Waals surface area contributed by atoms with E-state index in [4.69, 9.17) is 32.4 Å². The highest BCUT2D eigenvalue weighted by Crippen LogP contribution is 2.30. The first-order chi connectivity index (χ1) is 15.9. The Labute approximate surface area is 199 Å². The number of ether oxygens (including phenoxy) is 1. The Morgan fingerprint density at radius 1 is 1.18 bits per heavy atom. The van der Waals surface area contributed by atoms with Crippen LogP contribution in [-0.2, 0) is 11.2 Å². The highest BCUT2D eigenvalue weighted by molar-refractivity contribution is 6.35. The largest absolute Gasteiger partial charge is 0.482 e. The van der Waals surface area contributed by atoms with Gasteiger partial charge in [0.05, 0.1) is 10.7 Å². The minimum absolute atomic E-state index is 0.221. The van der Waals surface area contributed by atoms with Crippen LogP contribution in [0.5, 0.6) is 5.75 Å². The van der Waals surface area contributed by atoms with Gasteiger partial charge in [0.25, 0.3) is 11.8 Å². The summed E-state index contributed by atoms with van der Waals surface area (Å²) in [6.45, 7) is 1.53. The Balaban J connectivity index is 1.44. The molecular weight excluding hydrogens is 467 g/mol. The monoisotopic (exact) mass is 486 g/mol. The molecule has 0 spiro atoms. The summed E-state index contributed by atoms with van der Waals surface area (Å²) in [4.78, 5) is 28.9. The molecule has 8 nitrogen and oxygen atoms in total. The van der Waals surface area contributed by atoms with E-state index in [1.165, 1.54) is 6.07 Å². The lowest BCUT2D eigenvalue weighted by Gasteiger charge is -2.13. The first-order valence-electron chi connectivity index (χ1n) is 10.2. The van der Waals surface area contributed by atoms with Crippen molar-refractivity contribution in [1.82, 2.24) is 10.4 Å². The lowest BCUT2D eigenvalue weighted by Crippen LogP contribution is -2.27. The third-order valence-corrected chi connectivity index (χ3v) is 5.57. The van der Waals surface area contributed by atoms with Crippen LogP contribution in [0.4, 0.5) is 5.69 Å². The zero-order chi connectivity index (χ0) is 23.4. The number of rotatable bonds is 6. The van der Waals surface area contributed by atoms with Crippen molar-refractivity contribution in [3.8, 4) is 5.75 Å². The number of nitrogens with zero attached hydrogens (tertiary/aromatic N) is 2. The quantitative estimate of drug-likeness (QED) is 0.487. The van der Waals surface area contributed by atoms with Crippen molar-refractivity contribution in [2.75, 3.05) is 11.9 Å².